The summed E-state index contributed by atoms with van der Waals surface area (Å²) in [5.41, 5.74) is 5.65. The van der Waals surface area contributed by atoms with Gasteiger partial charge in [-0.2, -0.15) is 0 Å². The normalized spacial score (nSPS) is 13.2. The second-order valence-electron chi connectivity index (χ2n) is 8.45. The van der Waals surface area contributed by atoms with Crippen LogP contribution in [0.2, 0.25) is 0 Å². The fourth-order valence-electron chi connectivity index (χ4n) is 4.22. The van der Waals surface area contributed by atoms with E-state index in [1.807, 2.05) is 50.5 Å². The molecule has 2 amide bonds. The predicted octanol–water partition coefficient (Wildman–Crippen LogP) is 3.29. The van der Waals surface area contributed by atoms with Gasteiger partial charge in [-0.1, -0.05) is 60.7 Å². The number of anilines is 2. The molecule has 0 fully saturated rings. The van der Waals surface area contributed by atoms with Crippen molar-refractivity contribution in [2.45, 2.75) is 19.0 Å². The average Bonchev–Trinajstić information content (AvgIpc) is 3.27. The molecule has 3 aromatic rings. The van der Waals surface area contributed by atoms with Crippen molar-refractivity contribution < 1.29 is 9.59 Å². The first-order valence-corrected chi connectivity index (χ1v) is 11.2. The predicted molar refractivity (Wildman–Crippen MR) is 132 cm³/mol. The van der Waals surface area contributed by atoms with Crippen LogP contribution >= 0.6 is 0 Å². The molecule has 0 saturated heterocycles. The first-order valence-electron chi connectivity index (χ1n) is 11.2. The van der Waals surface area contributed by atoms with Crippen LogP contribution in [0.1, 0.15) is 22.7 Å². The Morgan fingerprint density at radius 3 is 2.27 bits per heavy atom. The number of hydrogen-bond acceptors (Lipinski definition) is 4. The van der Waals surface area contributed by atoms with Gasteiger partial charge in [-0.25, -0.2) is 0 Å². The van der Waals surface area contributed by atoms with Crippen molar-refractivity contribution in [3.8, 4) is 0 Å². The molecule has 0 unspecified atom stereocenters. The molecule has 6 nitrogen and oxygen atoms in total. The molecule has 33 heavy (non-hydrogen) atoms. The number of hydrogen-bond donors (Lipinski definition) is 2. The molecule has 0 aliphatic carbocycles. The van der Waals surface area contributed by atoms with Crippen molar-refractivity contribution in [2.24, 2.45) is 0 Å². The highest BCUT2D eigenvalue weighted by Gasteiger charge is 2.28. The summed E-state index contributed by atoms with van der Waals surface area (Å²) in [5.74, 6) is -1.24. The van der Waals surface area contributed by atoms with Crippen molar-refractivity contribution in [3.63, 3.8) is 0 Å². The summed E-state index contributed by atoms with van der Waals surface area (Å²) in [6, 6.07) is 26.2. The summed E-state index contributed by atoms with van der Waals surface area (Å²) in [6.45, 7) is 1.53. The van der Waals surface area contributed by atoms with Gasteiger partial charge in [0.1, 0.15) is 0 Å². The maximum atomic E-state index is 12.6. The van der Waals surface area contributed by atoms with E-state index >= 15 is 0 Å². The molecule has 4 rings (SSSR count). The van der Waals surface area contributed by atoms with Crippen LogP contribution in [0.3, 0.4) is 0 Å². The second-order valence-corrected chi connectivity index (χ2v) is 8.45. The Bertz CT molecular complexity index is 1100. The van der Waals surface area contributed by atoms with Crippen LogP contribution in [-0.4, -0.2) is 39.0 Å². The second kappa shape index (κ2) is 10.2. The topological polar surface area (TPSA) is 64.7 Å². The number of carbonyl (C=O) groups excluding carboxylic acids is 2. The van der Waals surface area contributed by atoms with Crippen LogP contribution in [-0.2, 0) is 22.6 Å². The molecule has 0 saturated carbocycles. The molecule has 1 aliphatic heterocycles. The summed E-state index contributed by atoms with van der Waals surface area (Å²) in [7, 11) is 4.02. The fraction of sp³-hybridized carbons (Fsp3) is 0.259. The standard InChI is InChI=1S/C27H30N4O2/c1-30(2)23-14-12-22(13-15-23)25(31-17-16-21-10-6-7-11-24(21)31)19-29-27(33)26(32)28-18-20-8-4-3-5-9-20/h3-15,25H,16-19H2,1-2H3,(H,28,32)(H,29,33)/t25-/m1/s1. The van der Waals surface area contributed by atoms with E-state index < -0.39 is 11.8 Å². The largest absolute Gasteiger partial charge is 0.378 e. The summed E-state index contributed by atoms with van der Waals surface area (Å²) in [6.07, 6.45) is 0.966. The van der Waals surface area contributed by atoms with E-state index in [0.717, 1.165) is 29.8 Å². The molecule has 0 spiro atoms. The minimum atomic E-state index is -0.623. The van der Waals surface area contributed by atoms with Gasteiger partial charge in [0.05, 0.1) is 6.04 Å². The molecule has 0 radical (unpaired) electrons. The lowest BCUT2D eigenvalue weighted by atomic mass is 10.0. The molecule has 6 heteroatoms. The Labute approximate surface area is 195 Å². The SMILES string of the molecule is CN(C)c1ccc([C@@H](CNC(=O)C(=O)NCc2ccccc2)N2CCc3ccccc32)cc1. The van der Waals surface area contributed by atoms with Gasteiger partial charge in [0, 0.05) is 45.1 Å². The van der Waals surface area contributed by atoms with E-state index in [-0.39, 0.29) is 6.04 Å². The van der Waals surface area contributed by atoms with Gasteiger partial charge < -0.3 is 20.4 Å². The van der Waals surface area contributed by atoms with Crippen LogP contribution < -0.4 is 20.4 Å². The number of rotatable bonds is 7. The molecule has 1 atom stereocenters. The lowest BCUT2D eigenvalue weighted by Crippen LogP contribution is -2.43. The van der Waals surface area contributed by atoms with Crippen LogP contribution in [0.25, 0.3) is 0 Å². The van der Waals surface area contributed by atoms with Crippen LogP contribution in [0.4, 0.5) is 11.4 Å². The van der Waals surface area contributed by atoms with Gasteiger partial charge in [0.2, 0.25) is 0 Å². The van der Waals surface area contributed by atoms with Gasteiger partial charge in [-0.05, 0) is 41.3 Å². The average molecular weight is 443 g/mol. The molecule has 0 aromatic heterocycles. The molecule has 1 aliphatic rings. The van der Waals surface area contributed by atoms with E-state index in [0.29, 0.717) is 13.1 Å². The first-order chi connectivity index (χ1) is 16.0. The van der Waals surface area contributed by atoms with Crippen molar-refractivity contribution in [1.29, 1.82) is 0 Å². The maximum Gasteiger partial charge on any atom is 0.309 e. The fourth-order valence-corrected chi connectivity index (χ4v) is 4.22. The molecule has 2 N–H and O–H groups in total. The lowest BCUT2D eigenvalue weighted by molar-refractivity contribution is -0.139. The highest BCUT2D eigenvalue weighted by molar-refractivity contribution is 6.35. The number of amides is 2. The minimum absolute atomic E-state index is 0.0734. The highest BCUT2D eigenvalue weighted by atomic mass is 16.2. The number of nitrogens with zero attached hydrogens (tertiary/aromatic N) is 2. The molecule has 170 valence electrons. The molecular formula is C27H30N4O2. The van der Waals surface area contributed by atoms with Crippen molar-refractivity contribution in [2.75, 3.05) is 37.0 Å². The Morgan fingerprint density at radius 2 is 1.55 bits per heavy atom. The van der Waals surface area contributed by atoms with Crippen LogP contribution in [0.5, 0.6) is 0 Å². The number of para-hydroxylation sites is 1. The Morgan fingerprint density at radius 1 is 0.879 bits per heavy atom. The van der Waals surface area contributed by atoms with Gasteiger partial charge in [-0.15, -0.1) is 0 Å². The summed E-state index contributed by atoms with van der Waals surface area (Å²) in [5, 5.41) is 5.56. The highest BCUT2D eigenvalue weighted by Crippen LogP contribution is 2.35. The number of fused-ring (bicyclic) bond motifs is 1. The van der Waals surface area contributed by atoms with Crippen molar-refractivity contribution in [1.82, 2.24) is 10.6 Å². The Hall–Kier alpha value is -3.80. The van der Waals surface area contributed by atoms with E-state index in [1.165, 1.54) is 11.3 Å². The minimum Gasteiger partial charge on any atom is -0.378 e. The summed E-state index contributed by atoms with van der Waals surface area (Å²) < 4.78 is 0. The van der Waals surface area contributed by atoms with Gasteiger partial charge >= 0.3 is 11.8 Å². The summed E-state index contributed by atoms with van der Waals surface area (Å²) in [4.78, 5) is 29.3. The van der Waals surface area contributed by atoms with Gasteiger partial charge in [-0.3, -0.25) is 9.59 Å². The van der Waals surface area contributed by atoms with E-state index in [2.05, 4.69) is 62.9 Å². The van der Waals surface area contributed by atoms with E-state index in [4.69, 9.17) is 0 Å². The van der Waals surface area contributed by atoms with Gasteiger partial charge in [0.15, 0.2) is 0 Å². The Kier molecular flexibility index (Phi) is 6.93. The first kappa shape index (κ1) is 22.4. The van der Waals surface area contributed by atoms with Crippen molar-refractivity contribution in [3.05, 3.63) is 95.6 Å². The zero-order valence-corrected chi connectivity index (χ0v) is 19.1. The zero-order chi connectivity index (χ0) is 23.2. The lowest BCUT2D eigenvalue weighted by Gasteiger charge is -2.31. The van der Waals surface area contributed by atoms with E-state index in [9.17, 15) is 9.59 Å². The monoisotopic (exact) mass is 442 g/mol. The molecule has 3 aromatic carbocycles. The van der Waals surface area contributed by atoms with Gasteiger partial charge in [0.25, 0.3) is 0 Å². The van der Waals surface area contributed by atoms with Crippen LogP contribution in [0.15, 0.2) is 78.9 Å². The third kappa shape index (κ3) is 5.34. The Balaban J connectivity index is 1.47. The number of benzene rings is 3. The third-order valence-electron chi connectivity index (χ3n) is 6.05. The summed E-state index contributed by atoms with van der Waals surface area (Å²) >= 11 is 0. The number of carbonyl (C=O) groups is 2. The number of nitrogens with one attached hydrogen (secondary N) is 2. The molecule has 0 bridgehead atoms. The quantitative estimate of drug-likeness (QED) is 0.551. The smallest absolute Gasteiger partial charge is 0.309 e. The molecular weight excluding hydrogens is 412 g/mol. The van der Waals surface area contributed by atoms with Crippen molar-refractivity contribution >= 4 is 23.2 Å². The van der Waals surface area contributed by atoms with E-state index in [1.54, 1.807) is 0 Å². The third-order valence-corrected chi connectivity index (χ3v) is 6.05. The zero-order valence-electron chi connectivity index (χ0n) is 19.1. The van der Waals surface area contributed by atoms with Crippen LogP contribution in [0, 0.1) is 0 Å². The molecule has 1 heterocycles. The maximum absolute atomic E-state index is 12.6.